The molecule has 0 heterocycles. The van der Waals surface area contributed by atoms with Gasteiger partial charge in [0.2, 0.25) is 0 Å². The first-order valence-corrected chi connectivity index (χ1v) is 6.75. The number of anilines is 1. The number of benzene rings is 1. The van der Waals surface area contributed by atoms with Crippen LogP contribution in [-0.2, 0) is 0 Å². The zero-order valence-corrected chi connectivity index (χ0v) is 11.4. The van der Waals surface area contributed by atoms with Crippen LogP contribution in [0.25, 0.3) is 0 Å². The number of hydrogen-bond donors (Lipinski definition) is 2. The molecule has 3 N–H and O–H groups in total. The molecular weight excluding hydrogens is 247 g/mol. The van der Waals surface area contributed by atoms with Gasteiger partial charge in [0.25, 0.3) is 0 Å². The van der Waals surface area contributed by atoms with Crippen molar-refractivity contribution in [3.8, 4) is 0 Å². The van der Waals surface area contributed by atoms with Crippen molar-refractivity contribution in [1.82, 2.24) is 0 Å². The molecule has 18 heavy (non-hydrogen) atoms. The number of halogens is 1. The van der Waals surface area contributed by atoms with Gasteiger partial charge in [0.05, 0.1) is 5.56 Å². The van der Waals surface area contributed by atoms with Gasteiger partial charge in [0, 0.05) is 12.2 Å². The molecule has 0 aromatic heterocycles. The van der Waals surface area contributed by atoms with E-state index < -0.39 is 0 Å². The van der Waals surface area contributed by atoms with Crippen molar-refractivity contribution in [3.05, 3.63) is 29.6 Å². The lowest BCUT2D eigenvalue weighted by molar-refractivity contribution is 0.362. The third-order valence-electron chi connectivity index (χ3n) is 3.78. The summed E-state index contributed by atoms with van der Waals surface area (Å²) in [4.78, 5) is 0.104. The summed E-state index contributed by atoms with van der Waals surface area (Å²) in [6.45, 7) is 3.11. The van der Waals surface area contributed by atoms with Crippen LogP contribution in [0, 0.1) is 11.2 Å². The van der Waals surface area contributed by atoms with Crippen molar-refractivity contribution in [1.29, 1.82) is 0 Å². The van der Waals surface area contributed by atoms with Crippen molar-refractivity contribution < 1.29 is 4.39 Å². The summed E-state index contributed by atoms with van der Waals surface area (Å²) in [6.07, 6.45) is 5.00. The molecule has 1 aromatic rings. The Morgan fingerprint density at radius 3 is 2.72 bits per heavy atom. The van der Waals surface area contributed by atoms with Crippen molar-refractivity contribution in [2.45, 2.75) is 32.6 Å². The number of nitrogens with two attached hydrogens (primary N) is 1. The fourth-order valence-electron chi connectivity index (χ4n) is 2.64. The topological polar surface area (TPSA) is 38.0 Å². The lowest BCUT2D eigenvalue weighted by Crippen LogP contribution is -2.24. The molecule has 0 saturated heterocycles. The maximum Gasteiger partial charge on any atom is 0.135 e. The SMILES string of the molecule is CC1(CNc2cccc(F)c2C(N)=S)CCCC1. The number of nitrogens with one attached hydrogen (secondary N) is 1. The summed E-state index contributed by atoms with van der Waals surface area (Å²) in [5, 5.41) is 3.31. The maximum atomic E-state index is 13.7. The zero-order valence-electron chi connectivity index (χ0n) is 10.6. The van der Waals surface area contributed by atoms with Crippen LogP contribution in [0.4, 0.5) is 10.1 Å². The average Bonchev–Trinajstić information content (AvgIpc) is 2.73. The maximum absolute atomic E-state index is 13.7. The molecule has 1 aliphatic carbocycles. The first kappa shape index (κ1) is 13.3. The van der Waals surface area contributed by atoms with Gasteiger partial charge in [0.1, 0.15) is 10.8 Å². The van der Waals surface area contributed by atoms with E-state index in [1.165, 1.54) is 31.7 Å². The summed E-state index contributed by atoms with van der Waals surface area (Å²) in [5.74, 6) is -0.357. The highest BCUT2D eigenvalue weighted by molar-refractivity contribution is 7.80. The van der Waals surface area contributed by atoms with Gasteiger partial charge in [-0.25, -0.2) is 4.39 Å². The average molecular weight is 266 g/mol. The van der Waals surface area contributed by atoms with E-state index in [1.54, 1.807) is 6.07 Å². The molecule has 0 spiro atoms. The minimum absolute atomic E-state index is 0.104. The van der Waals surface area contributed by atoms with Gasteiger partial charge < -0.3 is 11.1 Å². The van der Waals surface area contributed by atoms with Crippen LogP contribution in [0.3, 0.4) is 0 Å². The standard InChI is InChI=1S/C14H19FN2S/c1-14(7-2-3-8-14)9-17-11-6-4-5-10(15)12(11)13(16)18/h4-6,17H,2-3,7-9H2,1H3,(H2,16,18). The first-order chi connectivity index (χ1) is 8.52. The summed E-state index contributed by atoms with van der Waals surface area (Å²) in [7, 11) is 0. The van der Waals surface area contributed by atoms with E-state index in [0.29, 0.717) is 16.7 Å². The molecule has 0 atom stereocenters. The number of hydrogen-bond acceptors (Lipinski definition) is 2. The van der Waals surface area contributed by atoms with Gasteiger partial charge in [-0.2, -0.15) is 0 Å². The molecule has 1 saturated carbocycles. The molecule has 1 fully saturated rings. The van der Waals surface area contributed by atoms with E-state index in [1.807, 2.05) is 6.07 Å². The molecule has 1 aromatic carbocycles. The Kier molecular flexibility index (Phi) is 3.85. The Bertz CT molecular complexity index is 453. The molecule has 0 aliphatic heterocycles. The van der Waals surface area contributed by atoms with E-state index in [-0.39, 0.29) is 10.8 Å². The van der Waals surface area contributed by atoms with Crippen LogP contribution in [-0.4, -0.2) is 11.5 Å². The quantitative estimate of drug-likeness (QED) is 0.820. The molecule has 2 rings (SSSR count). The van der Waals surface area contributed by atoms with E-state index >= 15 is 0 Å². The van der Waals surface area contributed by atoms with E-state index in [2.05, 4.69) is 12.2 Å². The van der Waals surface area contributed by atoms with Gasteiger partial charge in [0.15, 0.2) is 0 Å². The molecule has 0 amide bonds. The summed E-state index contributed by atoms with van der Waals surface area (Å²) >= 11 is 4.91. The molecular formula is C14H19FN2S. The van der Waals surface area contributed by atoms with Crippen LogP contribution in [0.15, 0.2) is 18.2 Å². The highest BCUT2D eigenvalue weighted by Gasteiger charge is 2.28. The van der Waals surface area contributed by atoms with Gasteiger partial charge >= 0.3 is 0 Å². The molecule has 4 heteroatoms. The largest absolute Gasteiger partial charge is 0.389 e. The Labute approximate surface area is 113 Å². The predicted octanol–water partition coefficient (Wildman–Crippen LogP) is 3.45. The van der Waals surface area contributed by atoms with Crippen LogP contribution in [0.5, 0.6) is 0 Å². The number of rotatable bonds is 4. The van der Waals surface area contributed by atoms with Crippen molar-refractivity contribution in [3.63, 3.8) is 0 Å². The minimum Gasteiger partial charge on any atom is -0.389 e. The zero-order chi connectivity index (χ0) is 13.2. The molecule has 2 nitrogen and oxygen atoms in total. The lowest BCUT2D eigenvalue weighted by atomic mass is 9.89. The molecule has 0 radical (unpaired) electrons. The fourth-order valence-corrected chi connectivity index (χ4v) is 2.84. The van der Waals surface area contributed by atoms with Gasteiger partial charge in [-0.3, -0.25) is 0 Å². The third kappa shape index (κ3) is 2.80. The van der Waals surface area contributed by atoms with E-state index in [4.69, 9.17) is 18.0 Å². The normalized spacial score (nSPS) is 17.7. The van der Waals surface area contributed by atoms with Gasteiger partial charge in [-0.15, -0.1) is 0 Å². The lowest BCUT2D eigenvalue weighted by Gasteiger charge is -2.25. The molecule has 0 bridgehead atoms. The van der Waals surface area contributed by atoms with Gasteiger partial charge in [-0.05, 0) is 30.4 Å². The number of thiocarbonyl (C=S) groups is 1. The first-order valence-electron chi connectivity index (χ1n) is 6.34. The van der Waals surface area contributed by atoms with Crippen LogP contribution in [0.2, 0.25) is 0 Å². The van der Waals surface area contributed by atoms with Crippen molar-refractivity contribution >= 4 is 22.9 Å². The Balaban J connectivity index is 2.14. The second kappa shape index (κ2) is 5.22. The Morgan fingerprint density at radius 2 is 2.11 bits per heavy atom. The Hall–Kier alpha value is -1.16. The monoisotopic (exact) mass is 266 g/mol. The molecule has 1 aliphatic rings. The minimum atomic E-state index is -0.357. The Morgan fingerprint density at radius 1 is 1.44 bits per heavy atom. The van der Waals surface area contributed by atoms with Crippen LogP contribution < -0.4 is 11.1 Å². The third-order valence-corrected chi connectivity index (χ3v) is 3.98. The van der Waals surface area contributed by atoms with Crippen molar-refractivity contribution in [2.24, 2.45) is 11.1 Å². The van der Waals surface area contributed by atoms with Crippen molar-refractivity contribution in [2.75, 3.05) is 11.9 Å². The summed E-state index contributed by atoms with van der Waals surface area (Å²) in [6, 6.07) is 4.89. The van der Waals surface area contributed by atoms with E-state index in [9.17, 15) is 4.39 Å². The van der Waals surface area contributed by atoms with Crippen LogP contribution in [0.1, 0.15) is 38.2 Å². The predicted molar refractivity (Wildman–Crippen MR) is 77.4 cm³/mol. The van der Waals surface area contributed by atoms with Crippen LogP contribution >= 0.6 is 12.2 Å². The van der Waals surface area contributed by atoms with E-state index in [0.717, 1.165) is 6.54 Å². The molecule has 0 unspecified atom stereocenters. The highest BCUT2D eigenvalue weighted by Crippen LogP contribution is 2.37. The highest BCUT2D eigenvalue weighted by atomic mass is 32.1. The van der Waals surface area contributed by atoms with Gasteiger partial charge in [-0.1, -0.05) is 38.0 Å². The second-order valence-electron chi connectivity index (χ2n) is 5.40. The smallest absolute Gasteiger partial charge is 0.135 e. The second-order valence-corrected chi connectivity index (χ2v) is 5.84. The molecule has 98 valence electrons. The fraction of sp³-hybridized carbons (Fsp3) is 0.500. The summed E-state index contributed by atoms with van der Waals surface area (Å²) in [5.41, 5.74) is 6.92. The summed E-state index contributed by atoms with van der Waals surface area (Å²) < 4.78 is 13.7.